The smallest absolute Gasteiger partial charge is 0.425 e. The van der Waals surface area contributed by atoms with Gasteiger partial charge < -0.3 is 14.8 Å². The fraction of sp³-hybridized carbons (Fsp3) is 0.727. The Hall–Kier alpha value is -2.04. The first-order valence-corrected chi connectivity index (χ1v) is 6.45. The molecule has 1 aliphatic carbocycles. The fourth-order valence-electron chi connectivity index (χ4n) is 2.13. The molecule has 0 aliphatic heterocycles. The summed E-state index contributed by atoms with van der Waals surface area (Å²) in [6.07, 6.45) is -4.28. The van der Waals surface area contributed by atoms with E-state index in [2.05, 4.69) is 10.1 Å². The summed E-state index contributed by atoms with van der Waals surface area (Å²) >= 11 is 0. The number of hydrazine groups is 1. The van der Waals surface area contributed by atoms with Crippen LogP contribution in [0.3, 0.4) is 0 Å². The Labute approximate surface area is 123 Å². The maximum Gasteiger partial charge on any atom is 0.517 e. The van der Waals surface area contributed by atoms with Crippen molar-refractivity contribution in [3.8, 4) is 0 Å². The first-order chi connectivity index (χ1) is 10.2. The topological polar surface area (TPSA) is 120 Å². The van der Waals surface area contributed by atoms with Crippen LogP contribution in [-0.2, 0) is 14.3 Å². The molecular weight excluding hydrogens is 311 g/mol. The van der Waals surface area contributed by atoms with Gasteiger partial charge in [-0.3, -0.25) is 5.43 Å². The van der Waals surface area contributed by atoms with Gasteiger partial charge in [-0.25, -0.2) is 20.2 Å². The summed E-state index contributed by atoms with van der Waals surface area (Å²) in [7, 11) is 0. The number of carbonyl (C=O) groups excluding carboxylic acids is 3. The van der Waals surface area contributed by atoms with Gasteiger partial charge in [0.25, 0.3) is 0 Å². The monoisotopic (exact) mass is 327 g/mol. The van der Waals surface area contributed by atoms with E-state index in [1.54, 1.807) is 5.43 Å². The second-order valence-electron chi connectivity index (χ2n) is 4.81. The Bertz CT molecular complexity index is 435. The molecular formula is C11H16F3N3O5. The number of halogens is 3. The minimum atomic E-state index is -5.30. The number of amides is 2. The molecule has 22 heavy (non-hydrogen) atoms. The molecule has 0 aromatic carbocycles. The van der Waals surface area contributed by atoms with E-state index in [0.717, 1.165) is 6.42 Å². The minimum Gasteiger partial charge on any atom is -0.425 e. The second-order valence-corrected chi connectivity index (χ2v) is 4.81. The van der Waals surface area contributed by atoms with E-state index in [4.69, 9.17) is 10.6 Å². The summed E-state index contributed by atoms with van der Waals surface area (Å²) < 4.78 is 44.5. The Balaban J connectivity index is 2.66. The minimum absolute atomic E-state index is 0.161. The molecule has 11 heteroatoms. The Morgan fingerprint density at radius 3 is 2.23 bits per heavy atom. The van der Waals surface area contributed by atoms with Gasteiger partial charge in [0.05, 0.1) is 6.54 Å². The third-order valence-electron chi connectivity index (χ3n) is 3.17. The molecule has 1 aliphatic rings. The fourth-order valence-corrected chi connectivity index (χ4v) is 2.13. The van der Waals surface area contributed by atoms with E-state index < -0.39 is 29.9 Å². The van der Waals surface area contributed by atoms with Gasteiger partial charge in [-0.05, 0) is 25.7 Å². The van der Waals surface area contributed by atoms with Crippen LogP contribution >= 0.6 is 0 Å². The molecule has 0 bridgehead atoms. The number of alkyl halides is 3. The van der Waals surface area contributed by atoms with Crippen LogP contribution < -0.4 is 16.6 Å². The largest absolute Gasteiger partial charge is 0.517 e. The molecule has 4 N–H and O–H groups in total. The van der Waals surface area contributed by atoms with Gasteiger partial charge in [0.15, 0.2) is 0 Å². The van der Waals surface area contributed by atoms with Gasteiger partial charge in [0.2, 0.25) is 0 Å². The van der Waals surface area contributed by atoms with Crippen LogP contribution in [0.15, 0.2) is 0 Å². The summed E-state index contributed by atoms with van der Waals surface area (Å²) in [5, 5.41) is 2.32. The van der Waals surface area contributed by atoms with Gasteiger partial charge in [-0.2, -0.15) is 13.2 Å². The first kappa shape index (κ1) is 18.0. The number of carbonyl (C=O) groups is 3. The number of ether oxygens (including phenoxy) is 2. The predicted octanol–water partition coefficient (Wildman–Crippen LogP) is 1.10. The Morgan fingerprint density at radius 2 is 1.73 bits per heavy atom. The Kier molecular flexibility index (Phi) is 5.97. The average molecular weight is 327 g/mol. The molecule has 1 saturated carbocycles. The van der Waals surface area contributed by atoms with Gasteiger partial charge in [0.1, 0.15) is 5.60 Å². The van der Waals surface area contributed by atoms with Crippen LogP contribution in [0.2, 0.25) is 0 Å². The third-order valence-corrected chi connectivity index (χ3v) is 3.17. The van der Waals surface area contributed by atoms with E-state index in [1.165, 1.54) is 0 Å². The van der Waals surface area contributed by atoms with Crippen molar-refractivity contribution in [1.29, 1.82) is 0 Å². The highest BCUT2D eigenvalue weighted by Crippen LogP contribution is 2.32. The number of urea groups is 1. The lowest BCUT2D eigenvalue weighted by atomic mass is 9.84. The van der Waals surface area contributed by atoms with Crippen LogP contribution in [-0.4, -0.2) is 36.5 Å². The zero-order valence-corrected chi connectivity index (χ0v) is 11.5. The summed E-state index contributed by atoms with van der Waals surface area (Å²) in [5.41, 5.74) is 0.574. The number of nitrogens with one attached hydrogen (secondary N) is 2. The normalized spacial score (nSPS) is 17.3. The van der Waals surface area contributed by atoms with Crippen molar-refractivity contribution in [2.45, 2.75) is 43.9 Å². The molecule has 8 nitrogen and oxygen atoms in total. The van der Waals surface area contributed by atoms with Gasteiger partial charge in [-0.15, -0.1) is 0 Å². The molecule has 0 atom stereocenters. The number of hydrogen-bond donors (Lipinski definition) is 3. The molecule has 126 valence electrons. The molecule has 0 aromatic rings. The molecule has 0 unspecified atom stereocenters. The van der Waals surface area contributed by atoms with Gasteiger partial charge in [-0.1, -0.05) is 6.42 Å². The Morgan fingerprint density at radius 1 is 1.14 bits per heavy atom. The highest BCUT2D eigenvalue weighted by Gasteiger charge is 2.44. The van der Waals surface area contributed by atoms with Crippen LogP contribution in [0.5, 0.6) is 0 Å². The van der Waals surface area contributed by atoms with Crippen LogP contribution in [0.4, 0.5) is 22.8 Å². The molecule has 2 amide bonds. The molecule has 0 heterocycles. The van der Waals surface area contributed by atoms with E-state index in [9.17, 15) is 27.6 Å². The maximum absolute atomic E-state index is 12.0. The predicted molar refractivity (Wildman–Crippen MR) is 65.2 cm³/mol. The molecule has 0 saturated heterocycles. The van der Waals surface area contributed by atoms with Crippen molar-refractivity contribution in [1.82, 2.24) is 10.7 Å². The standard InChI is InChI=1S/C11H16F3N3O5/c12-11(13,14)7(18)21-9(20)22-10(4-2-1-3-5-10)6-16-8(19)17-15/h1-6,15H2,(H2,16,17,19). The van der Waals surface area contributed by atoms with Crippen LogP contribution in [0, 0.1) is 0 Å². The van der Waals surface area contributed by atoms with E-state index >= 15 is 0 Å². The van der Waals surface area contributed by atoms with Crippen molar-refractivity contribution >= 4 is 18.2 Å². The second kappa shape index (κ2) is 7.29. The highest BCUT2D eigenvalue weighted by molar-refractivity contribution is 5.85. The summed E-state index contributed by atoms with van der Waals surface area (Å²) in [4.78, 5) is 33.0. The van der Waals surface area contributed by atoms with Crippen molar-refractivity contribution in [3.05, 3.63) is 0 Å². The first-order valence-electron chi connectivity index (χ1n) is 6.45. The zero-order chi connectivity index (χ0) is 16.8. The number of esters is 1. The molecule has 1 fully saturated rings. The van der Waals surface area contributed by atoms with E-state index in [0.29, 0.717) is 25.7 Å². The van der Waals surface area contributed by atoms with Crippen molar-refractivity contribution < 1.29 is 37.0 Å². The zero-order valence-electron chi connectivity index (χ0n) is 11.5. The van der Waals surface area contributed by atoms with E-state index in [-0.39, 0.29) is 6.54 Å². The number of hydrogen-bond acceptors (Lipinski definition) is 6. The lowest BCUT2D eigenvalue weighted by molar-refractivity contribution is -0.197. The number of rotatable bonds is 3. The molecule has 0 spiro atoms. The van der Waals surface area contributed by atoms with Crippen molar-refractivity contribution in [2.75, 3.05) is 6.54 Å². The van der Waals surface area contributed by atoms with Crippen LogP contribution in [0.25, 0.3) is 0 Å². The van der Waals surface area contributed by atoms with E-state index in [1.807, 2.05) is 0 Å². The van der Waals surface area contributed by atoms with Gasteiger partial charge in [0, 0.05) is 0 Å². The average Bonchev–Trinajstić information content (AvgIpc) is 2.44. The summed E-state index contributed by atoms with van der Waals surface area (Å²) in [6.45, 7) is -0.161. The SMILES string of the molecule is NNC(=O)NCC1(OC(=O)OC(=O)C(F)(F)F)CCCCC1. The molecule has 1 rings (SSSR count). The number of nitrogens with two attached hydrogens (primary N) is 1. The van der Waals surface area contributed by atoms with Gasteiger partial charge >= 0.3 is 24.3 Å². The summed E-state index contributed by atoms with van der Waals surface area (Å²) in [6, 6.07) is -0.742. The lowest BCUT2D eigenvalue weighted by Crippen LogP contribution is -2.51. The van der Waals surface area contributed by atoms with Crippen molar-refractivity contribution in [3.63, 3.8) is 0 Å². The molecule has 0 aromatic heterocycles. The highest BCUT2D eigenvalue weighted by atomic mass is 19.4. The molecule has 0 radical (unpaired) electrons. The maximum atomic E-state index is 12.0. The summed E-state index contributed by atoms with van der Waals surface area (Å²) in [5.74, 6) is 2.23. The van der Waals surface area contributed by atoms with Crippen molar-refractivity contribution in [2.24, 2.45) is 5.84 Å². The van der Waals surface area contributed by atoms with Crippen LogP contribution in [0.1, 0.15) is 32.1 Å². The third kappa shape index (κ3) is 5.39. The lowest BCUT2D eigenvalue weighted by Gasteiger charge is -2.36. The quantitative estimate of drug-likeness (QED) is 0.235.